The van der Waals surface area contributed by atoms with Crippen LogP contribution in [0.2, 0.25) is 0 Å². The molecule has 0 spiro atoms. The Kier molecular flexibility index (Phi) is 2.19. The first kappa shape index (κ1) is 9.45. The lowest BCUT2D eigenvalue weighted by Gasteiger charge is -2.41. The molecule has 78 valence electrons. The smallest absolute Gasteiger partial charge is 0.223 e. The predicted molar refractivity (Wildman–Crippen MR) is 48.2 cm³/mol. The van der Waals surface area contributed by atoms with Crippen molar-refractivity contribution in [3.05, 3.63) is 0 Å². The van der Waals surface area contributed by atoms with E-state index < -0.39 is 11.4 Å². The van der Waals surface area contributed by atoms with Crippen LogP contribution >= 0.6 is 0 Å². The Morgan fingerprint density at radius 1 is 1.43 bits per heavy atom. The topological polar surface area (TPSA) is 81.4 Å². The molecule has 1 aliphatic carbocycles. The number of hydrogen-bond acceptors (Lipinski definition) is 3. The fraction of sp³-hybridized carbons (Fsp3) is 0.778. The summed E-state index contributed by atoms with van der Waals surface area (Å²) in [7, 11) is 0. The van der Waals surface area contributed by atoms with Crippen LogP contribution in [0.4, 0.5) is 0 Å². The van der Waals surface area contributed by atoms with E-state index in [9.17, 15) is 9.59 Å². The Bertz CT molecular complexity index is 269. The van der Waals surface area contributed by atoms with E-state index in [1.54, 1.807) is 0 Å². The zero-order valence-electron chi connectivity index (χ0n) is 7.91. The summed E-state index contributed by atoms with van der Waals surface area (Å²) in [6.07, 6.45) is 2.09. The van der Waals surface area contributed by atoms with Crippen molar-refractivity contribution in [3.8, 4) is 0 Å². The first-order valence-corrected chi connectivity index (χ1v) is 4.79. The minimum atomic E-state index is -0.508. The number of amides is 2. The molecule has 2 amide bonds. The highest BCUT2D eigenvalue weighted by molar-refractivity contribution is 5.83. The quantitative estimate of drug-likeness (QED) is 0.617. The third kappa shape index (κ3) is 1.87. The lowest BCUT2D eigenvalue weighted by Crippen LogP contribution is -2.63. The number of carbonyl (C=O) groups excluding carboxylic acids is 2. The van der Waals surface area contributed by atoms with Gasteiger partial charge >= 0.3 is 0 Å². The fourth-order valence-corrected chi connectivity index (χ4v) is 1.61. The van der Waals surface area contributed by atoms with Crippen molar-refractivity contribution in [1.82, 2.24) is 5.32 Å². The average molecular weight is 198 g/mol. The van der Waals surface area contributed by atoms with Crippen molar-refractivity contribution in [1.29, 1.82) is 0 Å². The van der Waals surface area contributed by atoms with E-state index in [1.165, 1.54) is 0 Å². The van der Waals surface area contributed by atoms with Gasteiger partial charge in [0.25, 0.3) is 0 Å². The molecule has 5 heteroatoms. The highest BCUT2D eigenvalue weighted by atomic mass is 16.5. The number of hydrogen-bond donors (Lipinski definition) is 2. The second kappa shape index (κ2) is 3.24. The van der Waals surface area contributed by atoms with Gasteiger partial charge in [-0.25, -0.2) is 0 Å². The van der Waals surface area contributed by atoms with E-state index in [4.69, 9.17) is 10.5 Å². The summed E-state index contributed by atoms with van der Waals surface area (Å²) in [5, 5.41) is 2.86. The largest absolute Gasteiger partial charge is 0.376 e. The van der Waals surface area contributed by atoms with Crippen molar-refractivity contribution in [2.45, 2.75) is 24.8 Å². The van der Waals surface area contributed by atoms with Crippen LogP contribution < -0.4 is 11.1 Å². The summed E-state index contributed by atoms with van der Waals surface area (Å²) in [6.45, 7) is 0.794. The predicted octanol–water partition coefficient (Wildman–Crippen LogP) is -0.843. The molecule has 5 nitrogen and oxygen atoms in total. The summed E-state index contributed by atoms with van der Waals surface area (Å²) in [6, 6.07) is 0. The van der Waals surface area contributed by atoms with Gasteiger partial charge in [0.15, 0.2) is 0 Å². The molecule has 1 aliphatic heterocycles. The minimum absolute atomic E-state index is 0.0366. The van der Waals surface area contributed by atoms with Gasteiger partial charge in [-0.15, -0.1) is 0 Å². The summed E-state index contributed by atoms with van der Waals surface area (Å²) in [4.78, 5) is 22.3. The third-order valence-electron chi connectivity index (χ3n) is 2.61. The maximum atomic E-state index is 11.5. The average Bonchev–Trinajstić information content (AvgIpc) is 2.80. The first-order valence-electron chi connectivity index (χ1n) is 4.79. The van der Waals surface area contributed by atoms with Crippen LogP contribution in [0, 0.1) is 5.92 Å². The molecule has 1 saturated heterocycles. The Labute approximate surface area is 82.0 Å². The van der Waals surface area contributed by atoms with E-state index in [-0.39, 0.29) is 18.2 Å². The fourth-order valence-electron chi connectivity index (χ4n) is 1.61. The van der Waals surface area contributed by atoms with Gasteiger partial charge in [-0.1, -0.05) is 0 Å². The molecule has 0 unspecified atom stereocenters. The van der Waals surface area contributed by atoms with Crippen LogP contribution in [0.25, 0.3) is 0 Å². The summed E-state index contributed by atoms with van der Waals surface area (Å²) >= 11 is 0. The number of rotatable bonds is 4. The van der Waals surface area contributed by atoms with Crippen LogP contribution in [0.5, 0.6) is 0 Å². The molecule has 3 N–H and O–H groups in total. The van der Waals surface area contributed by atoms with Crippen molar-refractivity contribution in [2.24, 2.45) is 11.7 Å². The molecular weight excluding hydrogens is 184 g/mol. The van der Waals surface area contributed by atoms with Crippen LogP contribution in [0.1, 0.15) is 19.3 Å². The second-order valence-corrected chi connectivity index (χ2v) is 4.18. The van der Waals surface area contributed by atoms with Gasteiger partial charge in [0.05, 0.1) is 25.2 Å². The van der Waals surface area contributed by atoms with Crippen molar-refractivity contribution >= 4 is 11.8 Å². The number of nitrogens with two attached hydrogens (primary N) is 1. The molecule has 0 atom stereocenters. The zero-order chi connectivity index (χ0) is 10.2. The standard InChI is InChI=1S/C9H14N2O3/c10-7(12)3-9(4-14-5-9)11-8(13)6-1-2-6/h6H,1-5H2,(H2,10,12)(H,11,13). The Hall–Kier alpha value is -1.10. The molecular formula is C9H14N2O3. The molecule has 14 heavy (non-hydrogen) atoms. The maximum Gasteiger partial charge on any atom is 0.223 e. The minimum Gasteiger partial charge on any atom is -0.376 e. The Morgan fingerprint density at radius 3 is 2.43 bits per heavy atom. The van der Waals surface area contributed by atoms with Crippen LogP contribution in [-0.2, 0) is 14.3 Å². The molecule has 0 aromatic heterocycles. The second-order valence-electron chi connectivity index (χ2n) is 4.18. The molecule has 0 aromatic rings. The zero-order valence-corrected chi connectivity index (χ0v) is 7.91. The highest BCUT2D eigenvalue weighted by Gasteiger charge is 2.44. The normalized spacial score (nSPS) is 23.7. The molecule has 2 fully saturated rings. The number of ether oxygens (including phenoxy) is 1. The van der Waals surface area contributed by atoms with Gasteiger partial charge in [-0.3, -0.25) is 9.59 Å². The lowest BCUT2D eigenvalue weighted by molar-refractivity contribution is -0.139. The van der Waals surface area contributed by atoms with Crippen LogP contribution in [0.3, 0.4) is 0 Å². The van der Waals surface area contributed by atoms with Crippen molar-refractivity contribution in [3.63, 3.8) is 0 Å². The number of primary amides is 1. The van der Waals surface area contributed by atoms with Crippen LogP contribution in [0.15, 0.2) is 0 Å². The Balaban J connectivity index is 1.90. The Morgan fingerprint density at radius 2 is 2.07 bits per heavy atom. The molecule has 2 aliphatic rings. The van der Waals surface area contributed by atoms with E-state index in [2.05, 4.69) is 5.32 Å². The number of nitrogens with one attached hydrogen (secondary N) is 1. The van der Waals surface area contributed by atoms with Crippen molar-refractivity contribution in [2.75, 3.05) is 13.2 Å². The maximum absolute atomic E-state index is 11.5. The SMILES string of the molecule is NC(=O)CC1(NC(=O)C2CC2)COC1. The molecule has 1 heterocycles. The lowest BCUT2D eigenvalue weighted by atomic mass is 9.92. The van der Waals surface area contributed by atoms with E-state index in [0.29, 0.717) is 13.2 Å². The molecule has 2 rings (SSSR count). The van der Waals surface area contributed by atoms with Gasteiger partial charge in [0.2, 0.25) is 11.8 Å². The molecule has 1 saturated carbocycles. The monoisotopic (exact) mass is 198 g/mol. The van der Waals surface area contributed by atoms with Gasteiger partial charge in [0.1, 0.15) is 0 Å². The summed E-state index contributed by atoms with van der Waals surface area (Å²) < 4.78 is 5.02. The molecule has 0 radical (unpaired) electrons. The van der Waals surface area contributed by atoms with E-state index in [0.717, 1.165) is 12.8 Å². The van der Waals surface area contributed by atoms with Gasteiger partial charge in [-0.05, 0) is 12.8 Å². The summed E-state index contributed by atoms with van der Waals surface area (Å²) in [5.74, 6) is -0.209. The van der Waals surface area contributed by atoms with E-state index >= 15 is 0 Å². The highest BCUT2D eigenvalue weighted by Crippen LogP contribution is 2.31. The summed E-state index contributed by atoms with van der Waals surface area (Å²) in [5.41, 5.74) is 4.60. The van der Waals surface area contributed by atoms with Gasteiger partial charge in [-0.2, -0.15) is 0 Å². The van der Waals surface area contributed by atoms with Crippen molar-refractivity contribution < 1.29 is 14.3 Å². The van der Waals surface area contributed by atoms with Crippen LogP contribution in [-0.4, -0.2) is 30.6 Å². The number of carbonyl (C=O) groups is 2. The molecule has 0 aromatic carbocycles. The van der Waals surface area contributed by atoms with Gasteiger partial charge in [0, 0.05) is 5.92 Å². The van der Waals surface area contributed by atoms with E-state index in [1.807, 2.05) is 0 Å². The first-order chi connectivity index (χ1) is 6.61. The molecule has 0 bridgehead atoms. The third-order valence-corrected chi connectivity index (χ3v) is 2.61. The van der Waals surface area contributed by atoms with Gasteiger partial charge < -0.3 is 15.8 Å².